The van der Waals surface area contributed by atoms with Gasteiger partial charge in [0.05, 0.1) is 15.0 Å². The van der Waals surface area contributed by atoms with Crippen molar-refractivity contribution in [1.82, 2.24) is 4.98 Å². The molecule has 0 amide bonds. The molecule has 0 aliphatic rings. The number of rotatable bonds is 4. The third-order valence-corrected chi connectivity index (χ3v) is 4.41. The van der Waals surface area contributed by atoms with E-state index in [1.54, 1.807) is 0 Å². The van der Waals surface area contributed by atoms with E-state index in [2.05, 4.69) is 20.9 Å². The third kappa shape index (κ3) is 3.37. The van der Waals surface area contributed by atoms with Crippen molar-refractivity contribution in [3.8, 4) is 0 Å². The van der Waals surface area contributed by atoms with Gasteiger partial charge in [0.25, 0.3) is 0 Å². The zero-order valence-corrected chi connectivity index (χ0v) is 12.5. The van der Waals surface area contributed by atoms with Crippen molar-refractivity contribution in [2.24, 2.45) is 0 Å². The lowest BCUT2D eigenvalue weighted by Gasteiger charge is -2.06. The van der Waals surface area contributed by atoms with Crippen molar-refractivity contribution in [3.05, 3.63) is 56.6 Å². The van der Waals surface area contributed by atoms with Crippen LogP contribution in [0.2, 0.25) is 0 Å². The summed E-state index contributed by atoms with van der Waals surface area (Å²) in [5.74, 6) is -2.27. The fraction of sp³-hybridized carbons (Fsp3) is 0. The summed E-state index contributed by atoms with van der Waals surface area (Å²) < 4.78 is 13.7. The van der Waals surface area contributed by atoms with E-state index in [0.717, 1.165) is 30.1 Å². The number of nitro groups is 1. The Hall–Kier alpha value is -2.00. The van der Waals surface area contributed by atoms with Crippen molar-refractivity contribution in [2.45, 2.75) is 9.79 Å². The Morgan fingerprint density at radius 1 is 1.43 bits per heavy atom. The molecule has 0 saturated heterocycles. The van der Waals surface area contributed by atoms with Gasteiger partial charge in [0.1, 0.15) is 16.9 Å². The van der Waals surface area contributed by atoms with Gasteiger partial charge in [-0.25, -0.2) is 9.18 Å². The largest absolute Gasteiger partial charge is 0.478 e. The van der Waals surface area contributed by atoms with Crippen molar-refractivity contribution >= 4 is 39.3 Å². The normalized spacial score (nSPS) is 10.4. The summed E-state index contributed by atoms with van der Waals surface area (Å²) in [7, 11) is 0. The zero-order chi connectivity index (χ0) is 15.6. The van der Waals surface area contributed by atoms with Gasteiger partial charge in [-0.3, -0.25) is 15.1 Å². The molecule has 9 heteroatoms. The zero-order valence-electron chi connectivity index (χ0n) is 10.1. The van der Waals surface area contributed by atoms with Crippen LogP contribution in [0.3, 0.4) is 0 Å². The fourth-order valence-electron chi connectivity index (χ4n) is 1.49. The second-order valence-corrected chi connectivity index (χ2v) is 5.71. The van der Waals surface area contributed by atoms with E-state index in [9.17, 15) is 19.3 Å². The standard InChI is InChI=1S/C12H6BrFN2O4S/c13-8-4-15-5-10(16(19)20)11(8)21-6-1-2-9(14)7(3-6)12(17)18/h1-5H,(H,17,18). The van der Waals surface area contributed by atoms with E-state index in [1.165, 1.54) is 12.3 Å². The lowest BCUT2D eigenvalue weighted by Crippen LogP contribution is -2.00. The Labute approximate surface area is 130 Å². The molecule has 6 nitrogen and oxygen atoms in total. The van der Waals surface area contributed by atoms with Gasteiger partial charge < -0.3 is 5.11 Å². The molecule has 108 valence electrons. The SMILES string of the molecule is O=C(O)c1cc(Sc2c(Br)cncc2[N+](=O)[O-])ccc1F. The predicted octanol–water partition coefficient (Wildman–Crippen LogP) is 3.74. The summed E-state index contributed by atoms with van der Waals surface area (Å²) >= 11 is 4.11. The van der Waals surface area contributed by atoms with Gasteiger partial charge in [0.2, 0.25) is 0 Å². The van der Waals surface area contributed by atoms with Crippen LogP contribution in [0, 0.1) is 15.9 Å². The van der Waals surface area contributed by atoms with Gasteiger partial charge in [-0.1, -0.05) is 11.8 Å². The van der Waals surface area contributed by atoms with Crippen LogP contribution < -0.4 is 0 Å². The summed E-state index contributed by atoms with van der Waals surface area (Å²) in [6.45, 7) is 0. The maximum atomic E-state index is 13.3. The number of carboxylic acid groups (broad SMARTS) is 1. The Morgan fingerprint density at radius 2 is 2.14 bits per heavy atom. The average Bonchev–Trinajstić information content (AvgIpc) is 2.42. The molecule has 0 aliphatic carbocycles. The van der Waals surface area contributed by atoms with Gasteiger partial charge >= 0.3 is 11.7 Å². The van der Waals surface area contributed by atoms with Crippen LogP contribution in [0.15, 0.2) is 44.9 Å². The number of hydrogen-bond acceptors (Lipinski definition) is 5. The minimum Gasteiger partial charge on any atom is -0.478 e. The number of carboxylic acids is 1. The van der Waals surface area contributed by atoms with Crippen molar-refractivity contribution in [1.29, 1.82) is 0 Å². The van der Waals surface area contributed by atoms with Crippen LogP contribution in [0.1, 0.15) is 10.4 Å². The molecule has 1 aromatic heterocycles. The van der Waals surface area contributed by atoms with E-state index in [1.807, 2.05) is 0 Å². The highest BCUT2D eigenvalue weighted by atomic mass is 79.9. The molecule has 1 heterocycles. The van der Waals surface area contributed by atoms with E-state index < -0.39 is 22.3 Å². The molecule has 0 fully saturated rings. The van der Waals surface area contributed by atoms with Crippen LogP contribution in [0.4, 0.5) is 10.1 Å². The summed E-state index contributed by atoms with van der Waals surface area (Å²) in [6.07, 6.45) is 2.48. The number of pyridine rings is 1. The fourth-order valence-corrected chi connectivity index (χ4v) is 2.99. The number of benzene rings is 1. The highest BCUT2D eigenvalue weighted by molar-refractivity contribution is 9.10. The molecule has 0 bridgehead atoms. The van der Waals surface area contributed by atoms with E-state index in [-0.39, 0.29) is 10.6 Å². The first-order valence-electron chi connectivity index (χ1n) is 5.38. The highest BCUT2D eigenvalue weighted by Crippen LogP contribution is 2.39. The second kappa shape index (κ2) is 6.19. The molecule has 0 saturated carbocycles. The summed E-state index contributed by atoms with van der Waals surface area (Å²) in [5, 5.41) is 19.8. The molecular formula is C12H6BrFN2O4S. The first kappa shape index (κ1) is 15.4. The van der Waals surface area contributed by atoms with Gasteiger partial charge in [-0.15, -0.1) is 0 Å². The molecule has 2 rings (SSSR count). The molecule has 0 atom stereocenters. The maximum Gasteiger partial charge on any atom is 0.338 e. The highest BCUT2D eigenvalue weighted by Gasteiger charge is 2.20. The minimum atomic E-state index is -1.40. The third-order valence-electron chi connectivity index (χ3n) is 2.42. The van der Waals surface area contributed by atoms with Crippen molar-refractivity contribution in [2.75, 3.05) is 0 Å². The lowest BCUT2D eigenvalue weighted by molar-refractivity contribution is -0.388. The first-order valence-corrected chi connectivity index (χ1v) is 6.99. The molecule has 1 N–H and O–H groups in total. The van der Waals surface area contributed by atoms with Crippen LogP contribution in [-0.2, 0) is 0 Å². The molecule has 0 spiro atoms. The summed E-state index contributed by atoms with van der Waals surface area (Å²) in [6, 6.07) is 3.48. The number of halogens is 2. The monoisotopic (exact) mass is 372 g/mol. The number of hydrogen-bond donors (Lipinski definition) is 1. The van der Waals surface area contributed by atoms with E-state index in [4.69, 9.17) is 5.11 Å². The Bertz CT molecular complexity index is 741. The van der Waals surface area contributed by atoms with Gasteiger partial charge in [0.15, 0.2) is 0 Å². The van der Waals surface area contributed by atoms with Crippen LogP contribution in [0.5, 0.6) is 0 Å². The number of aromatic nitrogens is 1. The Balaban J connectivity index is 2.46. The van der Waals surface area contributed by atoms with Gasteiger partial charge in [0, 0.05) is 11.1 Å². The number of carbonyl (C=O) groups is 1. The Morgan fingerprint density at radius 3 is 2.76 bits per heavy atom. The van der Waals surface area contributed by atoms with Crippen molar-refractivity contribution < 1.29 is 19.2 Å². The summed E-state index contributed by atoms with van der Waals surface area (Å²) in [5.41, 5.74) is -0.719. The molecule has 0 unspecified atom stereocenters. The quantitative estimate of drug-likeness (QED) is 0.648. The first-order chi connectivity index (χ1) is 9.90. The van der Waals surface area contributed by atoms with Crippen LogP contribution >= 0.6 is 27.7 Å². The smallest absolute Gasteiger partial charge is 0.338 e. The molecule has 21 heavy (non-hydrogen) atoms. The molecule has 0 aliphatic heterocycles. The molecule has 1 aromatic carbocycles. The summed E-state index contributed by atoms with van der Waals surface area (Å²) in [4.78, 5) is 25.6. The molecule has 2 aromatic rings. The second-order valence-electron chi connectivity index (χ2n) is 3.78. The van der Waals surface area contributed by atoms with E-state index in [0.29, 0.717) is 9.37 Å². The van der Waals surface area contributed by atoms with Gasteiger partial charge in [-0.05, 0) is 34.1 Å². The average molecular weight is 373 g/mol. The van der Waals surface area contributed by atoms with Crippen molar-refractivity contribution in [3.63, 3.8) is 0 Å². The number of aromatic carboxylic acids is 1. The van der Waals surface area contributed by atoms with Crippen LogP contribution in [0.25, 0.3) is 0 Å². The van der Waals surface area contributed by atoms with Gasteiger partial charge in [-0.2, -0.15) is 0 Å². The maximum absolute atomic E-state index is 13.3. The minimum absolute atomic E-state index is 0.226. The molecular weight excluding hydrogens is 367 g/mol. The molecule has 0 radical (unpaired) electrons. The predicted molar refractivity (Wildman–Crippen MR) is 76.1 cm³/mol. The van der Waals surface area contributed by atoms with E-state index >= 15 is 0 Å². The Kier molecular flexibility index (Phi) is 4.53. The topological polar surface area (TPSA) is 93.3 Å². The van der Waals surface area contributed by atoms with Crippen LogP contribution in [-0.4, -0.2) is 21.0 Å². The number of nitrogens with zero attached hydrogens (tertiary/aromatic N) is 2. The lowest BCUT2D eigenvalue weighted by atomic mass is 10.2.